The van der Waals surface area contributed by atoms with E-state index in [-0.39, 0.29) is 22.9 Å². The van der Waals surface area contributed by atoms with Gasteiger partial charge in [0.25, 0.3) is 0 Å². The molecule has 5 nitrogen and oxygen atoms in total. The fraction of sp³-hybridized carbons (Fsp3) is 0.464. The Labute approximate surface area is 199 Å². The molecule has 1 aliphatic carbocycles. The predicted octanol–water partition coefficient (Wildman–Crippen LogP) is 6.11. The van der Waals surface area contributed by atoms with Crippen LogP contribution in [0.3, 0.4) is 0 Å². The van der Waals surface area contributed by atoms with Gasteiger partial charge in [-0.05, 0) is 98.4 Å². The number of carbonyl (C=O) groups is 1. The topological polar surface area (TPSA) is 71.7 Å². The minimum absolute atomic E-state index is 0.00765. The SMILES string of the molecule is Cc1cc(-n2c(C3CCOCC3)c(CCC3(C)CC(C(=O)O)C3)c3cc(O)ccc32)ccc1F. The Kier molecular flexibility index (Phi) is 5.88. The van der Waals surface area contributed by atoms with Crippen LogP contribution in [0.1, 0.15) is 61.8 Å². The Balaban J connectivity index is 1.63. The second-order valence-corrected chi connectivity index (χ2v) is 10.5. The highest BCUT2D eigenvalue weighted by Gasteiger charge is 2.43. The highest BCUT2D eigenvalue weighted by molar-refractivity contribution is 5.89. The summed E-state index contributed by atoms with van der Waals surface area (Å²) in [5, 5.41) is 20.7. The number of aromatic hydroxyl groups is 1. The van der Waals surface area contributed by atoms with Crippen LogP contribution < -0.4 is 0 Å². The van der Waals surface area contributed by atoms with E-state index >= 15 is 0 Å². The van der Waals surface area contributed by atoms with Crippen LogP contribution in [0.15, 0.2) is 36.4 Å². The van der Waals surface area contributed by atoms with Crippen LogP contribution in [0, 0.1) is 24.1 Å². The van der Waals surface area contributed by atoms with Crippen LogP contribution in [0.5, 0.6) is 5.75 Å². The van der Waals surface area contributed by atoms with Gasteiger partial charge in [-0.25, -0.2) is 4.39 Å². The maximum Gasteiger partial charge on any atom is 0.306 e. The summed E-state index contributed by atoms with van der Waals surface area (Å²) < 4.78 is 22.0. The molecule has 0 spiro atoms. The smallest absolute Gasteiger partial charge is 0.306 e. The summed E-state index contributed by atoms with van der Waals surface area (Å²) in [6, 6.07) is 10.7. The summed E-state index contributed by atoms with van der Waals surface area (Å²) in [5.41, 5.74) is 4.95. The number of phenolic OH excluding ortho intramolecular Hbond substituents is 1. The Morgan fingerprint density at radius 3 is 2.59 bits per heavy atom. The average Bonchev–Trinajstić information content (AvgIpc) is 3.11. The number of fused-ring (bicyclic) bond motifs is 1. The van der Waals surface area contributed by atoms with E-state index in [1.165, 1.54) is 17.3 Å². The number of carboxylic acid groups (broad SMARTS) is 1. The molecule has 6 heteroatoms. The van der Waals surface area contributed by atoms with Gasteiger partial charge in [-0.3, -0.25) is 4.79 Å². The van der Waals surface area contributed by atoms with Crippen molar-refractivity contribution in [2.75, 3.05) is 13.2 Å². The molecule has 0 radical (unpaired) electrons. The van der Waals surface area contributed by atoms with Gasteiger partial charge in [0.05, 0.1) is 11.4 Å². The molecule has 0 atom stereocenters. The molecule has 34 heavy (non-hydrogen) atoms. The summed E-state index contributed by atoms with van der Waals surface area (Å²) in [4.78, 5) is 11.4. The fourth-order valence-electron chi connectivity index (χ4n) is 6.01. The number of aliphatic carboxylic acids is 1. The van der Waals surface area contributed by atoms with Gasteiger partial charge in [0.2, 0.25) is 0 Å². The lowest BCUT2D eigenvalue weighted by Crippen LogP contribution is -2.39. The van der Waals surface area contributed by atoms with Crippen molar-refractivity contribution in [1.29, 1.82) is 0 Å². The lowest BCUT2D eigenvalue weighted by molar-refractivity contribution is -0.149. The number of hydrogen-bond acceptors (Lipinski definition) is 3. The first kappa shape index (κ1) is 22.9. The molecule has 3 aromatic rings. The first-order chi connectivity index (χ1) is 16.3. The fourth-order valence-corrected chi connectivity index (χ4v) is 6.01. The number of halogens is 1. The van der Waals surface area contributed by atoms with Crippen molar-refractivity contribution in [2.45, 2.75) is 58.3 Å². The van der Waals surface area contributed by atoms with Crippen molar-refractivity contribution in [2.24, 2.45) is 11.3 Å². The molecule has 1 aliphatic heterocycles. The van der Waals surface area contributed by atoms with Crippen LogP contribution in [0.25, 0.3) is 16.6 Å². The quantitative estimate of drug-likeness (QED) is 0.461. The molecular weight excluding hydrogens is 433 g/mol. The zero-order valence-corrected chi connectivity index (χ0v) is 19.8. The van der Waals surface area contributed by atoms with Gasteiger partial charge in [-0.2, -0.15) is 0 Å². The van der Waals surface area contributed by atoms with E-state index in [9.17, 15) is 19.4 Å². The lowest BCUT2D eigenvalue weighted by Gasteiger charge is -2.43. The number of carboxylic acids is 1. The van der Waals surface area contributed by atoms with Crippen LogP contribution in [-0.2, 0) is 16.0 Å². The molecule has 2 fully saturated rings. The number of ether oxygens (including phenoxy) is 1. The number of hydrogen-bond donors (Lipinski definition) is 2. The molecule has 1 aromatic heterocycles. The van der Waals surface area contributed by atoms with E-state index in [1.54, 1.807) is 13.0 Å². The van der Waals surface area contributed by atoms with E-state index < -0.39 is 5.97 Å². The van der Waals surface area contributed by atoms with Crippen LogP contribution in [0.4, 0.5) is 4.39 Å². The first-order valence-electron chi connectivity index (χ1n) is 12.2. The van der Waals surface area contributed by atoms with Gasteiger partial charge >= 0.3 is 5.97 Å². The van der Waals surface area contributed by atoms with Gasteiger partial charge in [-0.1, -0.05) is 6.92 Å². The third-order valence-electron chi connectivity index (χ3n) is 7.91. The molecule has 2 aromatic carbocycles. The predicted molar refractivity (Wildman–Crippen MR) is 129 cm³/mol. The van der Waals surface area contributed by atoms with Gasteiger partial charge < -0.3 is 19.5 Å². The molecule has 0 amide bonds. The molecule has 2 aliphatic rings. The average molecular weight is 466 g/mol. The Bertz CT molecular complexity index is 1230. The van der Waals surface area contributed by atoms with Crippen molar-refractivity contribution in [3.63, 3.8) is 0 Å². The van der Waals surface area contributed by atoms with Crippen LogP contribution >= 0.6 is 0 Å². The zero-order valence-electron chi connectivity index (χ0n) is 19.8. The molecule has 2 heterocycles. The van der Waals surface area contributed by atoms with Crippen molar-refractivity contribution in [3.8, 4) is 11.4 Å². The van der Waals surface area contributed by atoms with Gasteiger partial charge in [0, 0.05) is 35.9 Å². The van der Waals surface area contributed by atoms with E-state index in [2.05, 4.69) is 11.5 Å². The van der Waals surface area contributed by atoms with Crippen molar-refractivity contribution in [3.05, 3.63) is 59.0 Å². The Morgan fingerprint density at radius 1 is 1.18 bits per heavy atom. The minimum atomic E-state index is -0.700. The Hall–Kier alpha value is -2.86. The maximum absolute atomic E-state index is 14.1. The van der Waals surface area contributed by atoms with E-state index in [1.807, 2.05) is 24.3 Å². The second-order valence-electron chi connectivity index (χ2n) is 10.5. The van der Waals surface area contributed by atoms with Gasteiger partial charge in [0.15, 0.2) is 0 Å². The highest BCUT2D eigenvalue weighted by atomic mass is 19.1. The summed E-state index contributed by atoms with van der Waals surface area (Å²) in [6.07, 6.45) is 4.93. The molecular formula is C28H32FNO4. The molecule has 1 saturated carbocycles. The molecule has 180 valence electrons. The Morgan fingerprint density at radius 2 is 1.91 bits per heavy atom. The van der Waals surface area contributed by atoms with Crippen LogP contribution in [-0.4, -0.2) is 34.0 Å². The monoisotopic (exact) mass is 465 g/mol. The maximum atomic E-state index is 14.1. The van der Waals surface area contributed by atoms with Gasteiger partial charge in [0.1, 0.15) is 11.6 Å². The number of nitrogens with zero attached hydrogens (tertiary/aromatic N) is 1. The molecule has 2 N–H and O–H groups in total. The standard InChI is InChI=1S/C28H32FNO4/c1-17-13-20(3-5-24(17)29)30-25-6-4-21(31)14-23(25)22(26(30)18-8-11-34-12-9-18)7-10-28(2)15-19(16-28)27(32)33/h3-6,13-14,18-19,31H,7-12,15-16H2,1-2H3,(H,32,33). The lowest BCUT2D eigenvalue weighted by atomic mass is 9.61. The summed E-state index contributed by atoms with van der Waals surface area (Å²) in [7, 11) is 0. The highest BCUT2D eigenvalue weighted by Crippen LogP contribution is 2.50. The van der Waals surface area contributed by atoms with E-state index in [4.69, 9.17) is 4.74 Å². The van der Waals surface area contributed by atoms with E-state index in [0.717, 1.165) is 42.3 Å². The first-order valence-corrected chi connectivity index (χ1v) is 12.2. The number of benzene rings is 2. The zero-order chi connectivity index (χ0) is 24.0. The van der Waals surface area contributed by atoms with Crippen molar-refractivity contribution in [1.82, 2.24) is 4.57 Å². The van der Waals surface area contributed by atoms with E-state index in [0.29, 0.717) is 37.5 Å². The third kappa shape index (κ3) is 4.09. The molecule has 1 saturated heterocycles. The summed E-state index contributed by atoms with van der Waals surface area (Å²) in [5.74, 6) is -0.650. The minimum Gasteiger partial charge on any atom is -0.508 e. The van der Waals surface area contributed by atoms with Crippen molar-refractivity contribution < 1.29 is 24.1 Å². The molecule has 5 rings (SSSR count). The van der Waals surface area contributed by atoms with Crippen molar-refractivity contribution >= 4 is 16.9 Å². The largest absolute Gasteiger partial charge is 0.508 e. The summed E-state index contributed by atoms with van der Waals surface area (Å²) >= 11 is 0. The number of aromatic nitrogens is 1. The normalized spacial score (nSPS) is 23.2. The third-order valence-corrected chi connectivity index (χ3v) is 7.91. The number of rotatable bonds is 6. The number of phenols is 1. The number of aryl methyl sites for hydroxylation is 2. The molecule has 0 bridgehead atoms. The van der Waals surface area contributed by atoms with Crippen LogP contribution in [0.2, 0.25) is 0 Å². The second kappa shape index (κ2) is 8.73. The molecule has 0 unspecified atom stereocenters. The van der Waals surface area contributed by atoms with Gasteiger partial charge in [-0.15, -0.1) is 0 Å². The summed E-state index contributed by atoms with van der Waals surface area (Å²) in [6.45, 7) is 5.37.